The second-order valence-electron chi connectivity index (χ2n) is 6.00. The lowest BCUT2D eigenvalue weighted by Gasteiger charge is -2.06. The van der Waals surface area contributed by atoms with Gasteiger partial charge in [-0.3, -0.25) is 4.79 Å². The maximum Gasteiger partial charge on any atom is 0.308 e. The molecule has 0 radical (unpaired) electrons. The van der Waals surface area contributed by atoms with Crippen LogP contribution in [0, 0.1) is 0 Å². The number of fused-ring (bicyclic) bond motifs is 1. The standard InChI is InChI=1S/C21H21NO4/c1-2-3-12-25-17-10-8-15(9-11-17)13-16(14-20(23)24)21-22-18-6-4-5-7-19(18)26-21/h4-11,13H,2-3,12,14H2,1H3,(H,23,24)/b16-13+. The molecule has 1 aromatic heterocycles. The van der Waals surface area contributed by atoms with Crippen molar-refractivity contribution in [1.82, 2.24) is 4.98 Å². The SMILES string of the molecule is CCCCOc1ccc(/C=C(\CC(=O)O)c2nc3ccccc3o2)cc1. The van der Waals surface area contributed by atoms with Crippen molar-refractivity contribution in [3.8, 4) is 5.75 Å². The number of rotatable bonds is 8. The van der Waals surface area contributed by atoms with Crippen LogP contribution in [0.3, 0.4) is 0 Å². The van der Waals surface area contributed by atoms with E-state index in [2.05, 4.69) is 11.9 Å². The summed E-state index contributed by atoms with van der Waals surface area (Å²) in [4.78, 5) is 15.7. The third-order valence-electron chi connectivity index (χ3n) is 3.90. The van der Waals surface area contributed by atoms with Crippen LogP contribution in [-0.2, 0) is 4.79 Å². The van der Waals surface area contributed by atoms with E-state index in [9.17, 15) is 9.90 Å². The molecule has 0 fully saturated rings. The highest BCUT2D eigenvalue weighted by Gasteiger charge is 2.14. The van der Waals surface area contributed by atoms with Crippen LogP contribution in [0.2, 0.25) is 0 Å². The predicted octanol–water partition coefficient (Wildman–Crippen LogP) is 5.02. The first kappa shape index (κ1) is 17.7. The molecule has 1 heterocycles. The monoisotopic (exact) mass is 351 g/mol. The fraction of sp³-hybridized carbons (Fsp3) is 0.238. The van der Waals surface area contributed by atoms with Gasteiger partial charge in [-0.15, -0.1) is 0 Å². The summed E-state index contributed by atoms with van der Waals surface area (Å²) in [6, 6.07) is 14.9. The van der Waals surface area contributed by atoms with Crippen molar-refractivity contribution < 1.29 is 19.1 Å². The summed E-state index contributed by atoms with van der Waals surface area (Å²) < 4.78 is 11.4. The van der Waals surface area contributed by atoms with Crippen molar-refractivity contribution in [2.24, 2.45) is 0 Å². The average molecular weight is 351 g/mol. The summed E-state index contributed by atoms with van der Waals surface area (Å²) in [5.41, 5.74) is 2.73. The minimum atomic E-state index is -0.932. The molecule has 1 N–H and O–H groups in total. The van der Waals surface area contributed by atoms with E-state index in [1.807, 2.05) is 48.5 Å². The number of para-hydroxylation sites is 2. The number of hydrogen-bond acceptors (Lipinski definition) is 4. The molecule has 2 aromatic carbocycles. The zero-order valence-corrected chi connectivity index (χ0v) is 14.6. The molecule has 134 valence electrons. The topological polar surface area (TPSA) is 72.6 Å². The number of unbranched alkanes of at least 4 members (excludes halogenated alkanes) is 1. The van der Waals surface area contributed by atoms with Gasteiger partial charge in [-0.2, -0.15) is 0 Å². The Morgan fingerprint density at radius 1 is 1.19 bits per heavy atom. The van der Waals surface area contributed by atoms with Gasteiger partial charge in [0.25, 0.3) is 0 Å². The average Bonchev–Trinajstić information content (AvgIpc) is 3.06. The number of hydrogen-bond donors (Lipinski definition) is 1. The van der Waals surface area contributed by atoms with Crippen LogP contribution in [0.4, 0.5) is 0 Å². The number of benzene rings is 2. The summed E-state index contributed by atoms with van der Waals surface area (Å²) in [6.45, 7) is 2.81. The molecule has 0 saturated carbocycles. The van der Waals surface area contributed by atoms with E-state index in [1.54, 1.807) is 6.08 Å². The van der Waals surface area contributed by atoms with E-state index in [0.29, 0.717) is 29.2 Å². The number of carbonyl (C=O) groups is 1. The molecule has 0 aliphatic heterocycles. The van der Waals surface area contributed by atoms with Crippen molar-refractivity contribution in [2.45, 2.75) is 26.2 Å². The molecule has 5 heteroatoms. The molecule has 0 bridgehead atoms. The lowest BCUT2D eigenvalue weighted by molar-refractivity contribution is -0.135. The molecule has 0 saturated heterocycles. The van der Waals surface area contributed by atoms with Crippen molar-refractivity contribution in [2.75, 3.05) is 6.61 Å². The third kappa shape index (κ3) is 4.51. The molecule has 26 heavy (non-hydrogen) atoms. The van der Waals surface area contributed by atoms with Gasteiger partial charge >= 0.3 is 5.97 Å². The second kappa shape index (κ2) is 8.34. The second-order valence-corrected chi connectivity index (χ2v) is 6.00. The van der Waals surface area contributed by atoms with Crippen molar-refractivity contribution in [1.29, 1.82) is 0 Å². The zero-order chi connectivity index (χ0) is 18.4. The Morgan fingerprint density at radius 3 is 2.65 bits per heavy atom. The maximum absolute atomic E-state index is 11.3. The fourth-order valence-electron chi connectivity index (χ4n) is 2.56. The van der Waals surface area contributed by atoms with Gasteiger partial charge in [0.1, 0.15) is 11.3 Å². The Bertz CT molecular complexity index is 876. The zero-order valence-electron chi connectivity index (χ0n) is 14.6. The van der Waals surface area contributed by atoms with E-state index in [0.717, 1.165) is 24.2 Å². The van der Waals surface area contributed by atoms with Crippen LogP contribution in [0.1, 0.15) is 37.6 Å². The number of aromatic nitrogens is 1. The minimum Gasteiger partial charge on any atom is -0.494 e. The highest BCUT2D eigenvalue weighted by Crippen LogP contribution is 2.26. The van der Waals surface area contributed by atoms with E-state index >= 15 is 0 Å². The molecule has 5 nitrogen and oxygen atoms in total. The maximum atomic E-state index is 11.3. The first-order chi connectivity index (χ1) is 12.7. The lowest BCUT2D eigenvalue weighted by Crippen LogP contribution is -1.98. The van der Waals surface area contributed by atoms with Crippen molar-refractivity contribution >= 4 is 28.7 Å². The van der Waals surface area contributed by atoms with Gasteiger partial charge in [-0.1, -0.05) is 37.6 Å². The number of oxazole rings is 1. The Kier molecular flexibility index (Phi) is 5.69. The van der Waals surface area contributed by atoms with Gasteiger partial charge in [0.2, 0.25) is 5.89 Å². The van der Waals surface area contributed by atoms with E-state index in [-0.39, 0.29) is 6.42 Å². The first-order valence-corrected chi connectivity index (χ1v) is 8.67. The van der Waals surface area contributed by atoms with Gasteiger partial charge in [-0.05, 0) is 42.3 Å². The number of aliphatic carboxylic acids is 1. The normalized spacial score (nSPS) is 11.7. The van der Waals surface area contributed by atoms with E-state index in [4.69, 9.17) is 9.15 Å². The van der Waals surface area contributed by atoms with Gasteiger partial charge in [0.15, 0.2) is 5.58 Å². The van der Waals surface area contributed by atoms with Gasteiger partial charge in [0, 0.05) is 5.57 Å². The minimum absolute atomic E-state index is 0.165. The van der Waals surface area contributed by atoms with Crippen LogP contribution in [0.25, 0.3) is 22.7 Å². The Hall–Kier alpha value is -3.08. The third-order valence-corrected chi connectivity index (χ3v) is 3.90. The first-order valence-electron chi connectivity index (χ1n) is 8.67. The van der Waals surface area contributed by atoms with Gasteiger partial charge in [0.05, 0.1) is 13.0 Å². The van der Waals surface area contributed by atoms with Crippen LogP contribution in [0.5, 0.6) is 5.75 Å². The molecule has 3 aromatic rings. The van der Waals surface area contributed by atoms with Crippen molar-refractivity contribution in [3.63, 3.8) is 0 Å². The fourth-order valence-corrected chi connectivity index (χ4v) is 2.56. The molecule has 0 atom stereocenters. The van der Waals surface area contributed by atoms with Gasteiger partial charge < -0.3 is 14.3 Å². The largest absolute Gasteiger partial charge is 0.494 e. The highest BCUT2D eigenvalue weighted by molar-refractivity contribution is 5.90. The number of nitrogens with zero attached hydrogens (tertiary/aromatic N) is 1. The van der Waals surface area contributed by atoms with Crippen molar-refractivity contribution in [3.05, 3.63) is 60.0 Å². The molecular formula is C21H21NO4. The van der Waals surface area contributed by atoms with Crippen LogP contribution in [-0.4, -0.2) is 22.7 Å². The molecule has 3 rings (SSSR count). The lowest BCUT2D eigenvalue weighted by atomic mass is 10.1. The summed E-state index contributed by atoms with van der Waals surface area (Å²) in [6.07, 6.45) is 3.72. The molecule has 0 unspecified atom stereocenters. The quantitative estimate of drug-likeness (QED) is 0.577. The molecule has 0 aliphatic carbocycles. The van der Waals surface area contributed by atoms with Crippen LogP contribution >= 0.6 is 0 Å². The summed E-state index contributed by atoms with van der Waals surface area (Å²) >= 11 is 0. The summed E-state index contributed by atoms with van der Waals surface area (Å²) in [5.74, 6) is 0.201. The van der Waals surface area contributed by atoms with Crippen LogP contribution < -0.4 is 4.74 Å². The summed E-state index contributed by atoms with van der Waals surface area (Å²) in [5, 5.41) is 9.23. The number of ether oxygens (including phenoxy) is 1. The van der Waals surface area contributed by atoms with E-state index in [1.165, 1.54) is 0 Å². The number of carboxylic acid groups (broad SMARTS) is 1. The highest BCUT2D eigenvalue weighted by atomic mass is 16.5. The Morgan fingerprint density at radius 2 is 1.96 bits per heavy atom. The summed E-state index contributed by atoms with van der Waals surface area (Å²) in [7, 11) is 0. The molecular weight excluding hydrogens is 330 g/mol. The molecule has 0 amide bonds. The number of carboxylic acids is 1. The molecule has 0 aliphatic rings. The van der Waals surface area contributed by atoms with Crippen LogP contribution in [0.15, 0.2) is 52.9 Å². The molecule has 0 spiro atoms. The Labute approximate surface area is 151 Å². The smallest absolute Gasteiger partial charge is 0.308 e. The Balaban J connectivity index is 1.86. The van der Waals surface area contributed by atoms with E-state index < -0.39 is 5.97 Å². The van der Waals surface area contributed by atoms with Gasteiger partial charge in [-0.25, -0.2) is 4.98 Å². The predicted molar refractivity (Wildman–Crippen MR) is 101 cm³/mol.